The van der Waals surface area contributed by atoms with E-state index >= 15 is 0 Å². The quantitative estimate of drug-likeness (QED) is 0.661. The molecule has 154 valence electrons. The molecule has 1 aliphatic heterocycles. The van der Waals surface area contributed by atoms with Gasteiger partial charge in [0.2, 0.25) is 11.9 Å². The van der Waals surface area contributed by atoms with Crippen LogP contribution in [0.1, 0.15) is 40.4 Å². The first-order valence-electron chi connectivity index (χ1n) is 10.4. The highest BCUT2D eigenvalue weighted by Gasteiger charge is 2.25. The van der Waals surface area contributed by atoms with Crippen molar-refractivity contribution in [3.63, 3.8) is 0 Å². The van der Waals surface area contributed by atoms with Gasteiger partial charge in [0.1, 0.15) is 0 Å². The maximum absolute atomic E-state index is 11.4. The van der Waals surface area contributed by atoms with E-state index in [0.29, 0.717) is 17.4 Å². The van der Waals surface area contributed by atoms with Gasteiger partial charge in [0.05, 0.1) is 5.69 Å². The third-order valence-corrected chi connectivity index (χ3v) is 5.77. The number of nitrogens with zero attached hydrogens (tertiary/aromatic N) is 3. The van der Waals surface area contributed by atoms with Gasteiger partial charge in [0.15, 0.2) is 0 Å². The summed E-state index contributed by atoms with van der Waals surface area (Å²) in [6.45, 7) is 3.09. The molecule has 2 aromatic carbocycles. The van der Waals surface area contributed by atoms with Gasteiger partial charge in [-0.15, -0.1) is 0 Å². The average Bonchev–Trinajstić information content (AvgIpc) is 2.78. The second-order valence-electron chi connectivity index (χ2n) is 7.84. The number of carbonyl (C=O) groups is 1. The Bertz CT molecular complexity index is 1000. The topological polar surface area (TPSA) is 98.1 Å². The highest BCUT2D eigenvalue weighted by molar-refractivity contribution is 5.93. The summed E-state index contributed by atoms with van der Waals surface area (Å²) >= 11 is 0. The first kappa shape index (κ1) is 20.0. The molecule has 1 aromatic heterocycles. The van der Waals surface area contributed by atoms with Gasteiger partial charge in [0, 0.05) is 36.3 Å². The van der Waals surface area contributed by atoms with E-state index in [2.05, 4.69) is 45.2 Å². The van der Waals surface area contributed by atoms with Gasteiger partial charge in [-0.05, 0) is 49.1 Å². The Hall–Kier alpha value is -3.25. The fraction of sp³-hybridized carbons (Fsp3) is 0.292. The van der Waals surface area contributed by atoms with Gasteiger partial charge < -0.3 is 16.4 Å². The molecule has 0 spiro atoms. The van der Waals surface area contributed by atoms with E-state index in [4.69, 9.17) is 11.5 Å². The number of benzene rings is 2. The van der Waals surface area contributed by atoms with Crippen molar-refractivity contribution in [2.45, 2.75) is 25.2 Å². The lowest BCUT2D eigenvalue weighted by Gasteiger charge is -2.33. The van der Waals surface area contributed by atoms with Crippen molar-refractivity contribution in [2.75, 3.05) is 25.4 Å². The monoisotopic (exact) mass is 401 g/mol. The molecule has 1 amide bonds. The van der Waals surface area contributed by atoms with Gasteiger partial charge in [-0.25, -0.2) is 9.97 Å². The Morgan fingerprint density at radius 1 is 1.10 bits per heavy atom. The Morgan fingerprint density at radius 2 is 1.87 bits per heavy atom. The van der Waals surface area contributed by atoms with Crippen molar-refractivity contribution in [1.82, 2.24) is 14.9 Å². The van der Waals surface area contributed by atoms with E-state index in [1.54, 1.807) is 18.3 Å². The number of hydrogen-bond donors (Lipinski definition) is 2. The summed E-state index contributed by atoms with van der Waals surface area (Å²) in [6, 6.07) is 17.9. The minimum Gasteiger partial charge on any atom is -0.368 e. The van der Waals surface area contributed by atoms with E-state index in [9.17, 15) is 4.79 Å². The number of nitrogens with two attached hydrogens (primary N) is 2. The number of rotatable bonds is 6. The van der Waals surface area contributed by atoms with Crippen LogP contribution in [0.4, 0.5) is 5.95 Å². The van der Waals surface area contributed by atoms with Crippen molar-refractivity contribution in [1.29, 1.82) is 0 Å². The molecule has 1 aliphatic rings. The van der Waals surface area contributed by atoms with Gasteiger partial charge >= 0.3 is 0 Å². The van der Waals surface area contributed by atoms with Crippen molar-refractivity contribution < 1.29 is 4.79 Å². The largest absolute Gasteiger partial charge is 0.368 e. The summed E-state index contributed by atoms with van der Waals surface area (Å²) in [5, 5.41) is 0. The van der Waals surface area contributed by atoms with E-state index < -0.39 is 5.91 Å². The number of amides is 1. The predicted molar refractivity (Wildman–Crippen MR) is 119 cm³/mol. The number of nitrogen functional groups attached to an aromatic ring is 1. The van der Waals surface area contributed by atoms with Crippen molar-refractivity contribution >= 4 is 11.9 Å². The van der Waals surface area contributed by atoms with Gasteiger partial charge in [-0.1, -0.05) is 42.5 Å². The zero-order valence-electron chi connectivity index (χ0n) is 17.0. The Balaban J connectivity index is 1.53. The summed E-state index contributed by atoms with van der Waals surface area (Å²) in [6.07, 6.45) is 5.04. The molecule has 0 saturated carbocycles. The number of anilines is 1. The summed E-state index contributed by atoms with van der Waals surface area (Å²) in [5.41, 5.74) is 16.1. The maximum atomic E-state index is 11.4. The fourth-order valence-corrected chi connectivity index (χ4v) is 4.17. The number of hydrogen-bond acceptors (Lipinski definition) is 5. The van der Waals surface area contributed by atoms with Crippen LogP contribution >= 0.6 is 0 Å². The van der Waals surface area contributed by atoms with Crippen molar-refractivity contribution in [2.24, 2.45) is 5.73 Å². The summed E-state index contributed by atoms with van der Waals surface area (Å²) in [4.78, 5) is 22.8. The molecular formula is C24H27N5O. The molecule has 0 aliphatic carbocycles. The van der Waals surface area contributed by atoms with Gasteiger partial charge in [-0.3, -0.25) is 4.79 Å². The minimum absolute atomic E-state index is 0.295. The van der Waals surface area contributed by atoms with E-state index in [-0.39, 0.29) is 0 Å². The predicted octanol–water partition coefficient (Wildman–Crippen LogP) is 3.25. The zero-order chi connectivity index (χ0) is 20.9. The number of primary amides is 1. The lowest BCUT2D eigenvalue weighted by atomic mass is 9.89. The van der Waals surface area contributed by atoms with Gasteiger partial charge in [-0.2, -0.15) is 0 Å². The van der Waals surface area contributed by atoms with Crippen LogP contribution in [0.25, 0.3) is 11.1 Å². The molecule has 6 heteroatoms. The lowest BCUT2D eigenvalue weighted by Crippen LogP contribution is -2.36. The van der Waals surface area contributed by atoms with E-state index in [1.165, 1.54) is 5.56 Å². The smallest absolute Gasteiger partial charge is 0.248 e. The molecule has 4 rings (SSSR count). The van der Waals surface area contributed by atoms with Crippen LogP contribution in [0.3, 0.4) is 0 Å². The standard InChI is InChI=1S/C24H27N5O/c25-23(30)19-10-8-18(9-11-19)21-15-27-24(26)28-22(21)20-7-4-13-29(16-20)14-12-17-5-2-1-3-6-17/h1-3,5-6,8-11,15,20H,4,7,12-14,16H2,(H2,25,30)(H2,26,27,28)/t20-/m0/s1. The first-order valence-corrected chi connectivity index (χ1v) is 10.4. The van der Waals surface area contributed by atoms with Gasteiger partial charge in [0.25, 0.3) is 0 Å². The van der Waals surface area contributed by atoms with E-state index in [1.807, 2.05) is 12.1 Å². The van der Waals surface area contributed by atoms with Crippen LogP contribution in [0.15, 0.2) is 60.8 Å². The van der Waals surface area contributed by atoms with Crippen LogP contribution in [0.5, 0.6) is 0 Å². The van der Waals surface area contributed by atoms with Crippen LogP contribution in [0, 0.1) is 0 Å². The Labute approximate surface area is 176 Å². The fourth-order valence-electron chi connectivity index (χ4n) is 4.17. The Morgan fingerprint density at radius 3 is 2.60 bits per heavy atom. The third kappa shape index (κ3) is 4.66. The molecule has 1 saturated heterocycles. The first-order chi connectivity index (χ1) is 14.6. The molecule has 30 heavy (non-hydrogen) atoms. The highest BCUT2D eigenvalue weighted by atomic mass is 16.1. The normalized spacial score (nSPS) is 17.0. The Kier molecular flexibility index (Phi) is 6.05. The number of likely N-dealkylation sites (tertiary alicyclic amines) is 1. The van der Waals surface area contributed by atoms with E-state index in [0.717, 1.165) is 55.7 Å². The molecular weight excluding hydrogens is 374 g/mol. The van der Waals surface area contributed by atoms with Crippen LogP contribution in [0.2, 0.25) is 0 Å². The number of aromatic nitrogens is 2. The molecule has 6 nitrogen and oxygen atoms in total. The molecule has 2 heterocycles. The SMILES string of the molecule is NC(=O)c1ccc(-c2cnc(N)nc2[C@H]2CCCN(CCc3ccccc3)C2)cc1. The molecule has 0 unspecified atom stereocenters. The van der Waals surface area contributed by atoms with Crippen molar-refractivity contribution in [3.05, 3.63) is 77.6 Å². The molecule has 1 atom stereocenters. The lowest BCUT2D eigenvalue weighted by molar-refractivity contribution is 0.100. The molecule has 0 radical (unpaired) electrons. The molecule has 1 fully saturated rings. The average molecular weight is 402 g/mol. The summed E-state index contributed by atoms with van der Waals surface area (Å²) < 4.78 is 0. The minimum atomic E-state index is -0.434. The molecule has 0 bridgehead atoms. The molecule has 4 N–H and O–H groups in total. The molecule has 3 aromatic rings. The van der Waals surface area contributed by atoms with Crippen LogP contribution in [-0.2, 0) is 6.42 Å². The zero-order valence-corrected chi connectivity index (χ0v) is 17.0. The third-order valence-electron chi connectivity index (χ3n) is 5.77. The highest BCUT2D eigenvalue weighted by Crippen LogP contribution is 2.33. The number of carbonyl (C=O) groups excluding carboxylic acids is 1. The number of piperidine rings is 1. The second kappa shape index (κ2) is 9.05. The summed E-state index contributed by atoms with van der Waals surface area (Å²) in [5.74, 6) is 0.159. The summed E-state index contributed by atoms with van der Waals surface area (Å²) in [7, 11) is 0. The van der Waals surface area contributed by atoms with Crippen LogP contribution in [-0.4, -0.2) is 40.4 Å². The maximum Gasteiger partial charge on any atom is 0.248 e. The van der Waals surface area contributed by atoms with Crippen LogP contribution < -0.4 is 11.5 Å². The van der Waals surface area contributed by atoms with Crippen molar-refractivity contribution in [3.8, 4) is 11.1 Å². The second-order valence-corrected chi connectivity index (χ2v) is 7.84.